The van der Waals surface area contributed by atoms with Gasteiger partial charge < -0.3 is 14.5 Å². The number of benzene rings is 1. The summed E-state index contributed by atoms with van der Waals surface area (Å²) in [6, 6.07) is 4.67. The monoisotopic (exact) mass is 415 g/mol. The maximum atomic E-state index is 12.9. The van der Waals surface area contributed by atoms with Gasteiger partial charge in [-0.15, -0.1) is 0 Å². The minimum absolute atomic E-state index is 0.118. The molecule has 1 saturated heterocycles. The summed E-state index contributed by atoms with van der Waals surface area (Å²) in [5, 5.41) is 0. The Morgan fingerprint density at radius 3 is 2.27 bits per heavy atom. The molecule has 0 aliphatic carbocycles. The zero-order chi connectivity index (χ0) is 21.8. The Labute approximate surface area is 176 Å². The number of methoxy groups -OCH3 is 1. The highest BCUT2D eigenvalue weighted by Crippen LogP contribution is 2.25. The lowest BCUT2D eigenvalue weighted by Crippen LogP contribution is -2.50. The third kappa shape index (κ3) is 4.53. The van der Waals surface area contributed by atoms with Crippen LogP contribution in [0.4, 0.5) is 0 Å². The molecular formula is C22H29N3O5. The van der Waals surface area contributed by atoms with Gasteiger partial charge in [0.25, 0.3) is 17.7 Å². The number of carbonyl (C=O) groups excluding carboxylic acids is 4. The van der Waals surface area contributed by atoms with Crippen LogP contribution in [0.5, 0.6) is 0 Å². The number of amides is 4. The molecule has 1 aromatic carbocycles. The van der Waals surface area contributed by atoms with E-state index in [-0.39, 0.29) is 35.7 Å². The second-order valence-electron chi connectivity index (χ2n) is 8.14. The van der Waals surface area contributed by atoms with E-state index in [1.807, 2.05) is 13.8 Å². The van der Waals surface area contributed by atoms with Gasteiger partial charge in [-0.1, -0.05) is 13.8 Å². The van der Waals surface area contributed by atoms with E-state index in [4.69, 9.17) is 4.74 Å². The van der Waals surface area contributed by atoms with Crippen LogP contribution in [-0.2, 0) is 9.53 Å². The molecule has 0 N–H and O–H groups in total. The third-order valence-corrected chi connectivity index (χ3v) is 5.45. The van der Waals surface area contributed by atoms with Gasteiger partial charge in [0, 0.05) is 58.4 Å². The van der Waals surface area contributed by atoms with E-state index < -0.39 is 0 Å². The van der Waals surface area contributed by atoms with Crippen LogP contribution in [0.15, 0.2) is 18.2 Å². The molecule has 8 heteroatoms. The summed E-state index contributed by atoms with van der Waals surface area (Å²) in [5.74, 6) is -0.468. The van der Waals surface area contributed by atoms with E-state index in [9.17, 15) is 19.2 Å². The first-order chi connectivity index (χ1) is 14.3. The highest BCUT2D eigenvalue weighted by molar-refractivity contribution is 6.22. The summed E-state index contributed by atoms with van der Waals surface area (Å²) in [5.41, 5.74) is 0.989. The molecule has 2 aliphatic heterocycles. The second-order valence-corrected chi connectivity index (χ2v) is 8.14. The number of nitrogens with zero attached hydrogens (tertiary/aromatic N) is 3. The lowest BCUT2D eigenvalue weighted by atomic mass is 10.0. The Balaban J connectivity index is 1.65. The van der Waals surface area contributed by atoms with E-state index >= 15 is 0 Å². The number of piperazine rings is 1. The van der Waals surface area contributed by atoms with Crippen LogP contribution in [0, 0.1) is 5.92 Å². The van der Waals surface area contributed by atoms with Gasteiger partial charge in [0.1, 0.15) is 0 Å². The number of fused-ring (bicyclic) bond motifs is 1. The highest BCUT2D eigenvalue weighted by atomic mass is 16.5. The first-order valence-electron chi connectivity index (χ1n) is 10.4. The van der Waals surface area contributed by atoms with Crippen molar-refractivity contribution in [1.82, 2.24) is 14.7 Å². The van der Waals surface area contributed by atoms with E-state index in [0.717, 1.165) is 0 Å². The minimum atomic E-state index is -0.371. The fourth-order valence-corrected chi connectivity index (χ4v) is 3.81. The van der Waals surface area contributed by atoms with Crippen molar-refractivity contribution < 1.29 is 23.9 Å². The smallest absolute Gasteiger partial charge is 0.261 e. The van der Waals surface area contributed by atoms with Crippen molar-refractivity contribution in [3.05, 3.63) is 34.9 Å². The van der Waals surface area contributed by atoms with Gasteiger partial charge in [-0.25, -0.2) is 0 Å². The molecule has 0 radical (unpaired) electrons. The quantitative estimate of drug-likeness (QED) is 0.499. The number of imide groups is 1. The van der Waals surface area contributed by atoms with Crippen LogP contribution in [0.1, 0.15) is 57.8 Å². The van der Waals surface area contributed by atoms with Crippen molar-refractivity contribution in [2.75, 3.05) is 46.4 Å². The summed E-state index contributed by atoms with van der Waals surface area (Å²) in [6.45, 7) is 6.69. The van der Waals surface area contributed by atoms with Gasteiger partial charge in [-0.3, -0.25) is 24.1 Å². The van der Waals surface area contributed by atoms with Gasteiger partial charge in [0.05, 0.1) is 11.1 Å². The average molecular weight is 415 g/mol. The lowest BCUT2D eigenvalue weighted by Gasteiger charge is -2.35. The molecule has 2 heterocycles. The van der Waals surface area contributed by atoms with Crippen LogP contribution >= 0.6 is 0 Å². The zero-order valence-corrected chi connectivity index (χ0v) is 17.8. The molecule has 3 rings (SSSR count). The molecule has 162 valence electrons. The van der Waals surface area contributed by atoms with Crippen LogP contribution in [0.2, 0.25) is 0 Å². The van der Waals surface area contributed by atoms with Crippen LogP contribution in [0.3, 0.4) is 0 Å². The van der Waals surface area contributed by atoms with Crippen molar-refractivity contribution in [2.45, 2.75) is 26.7 Å². The molecule has 0 aromatic heterocycles. The van der Waals surface area contributed by atoms with Crippen molar-refractivity contribution in [2.24, 2.45) is 5.92 Å². The fourth-order valence-electron chi connectivity index (χ4n) is 3.81. The fraction of sp³-hybridized carbons (Fsp3) is 0.545. The van der Waals surface area contributed by atoms with E-state index in [0.29, 0.717) is 62.7 Å². The molecule has 0 saturated carbocycles. The molecular weight excluding hydrogens is 386 g/mol. The van der Waals surface area contributed by atoms with Crippen molar-refractivity contribution >= 4 is 23.6 Å². The number of rotatable bonds is 7. The minimum Gasteiger partial charge on any atom is -0.385 e. The molecule has 2 aliphatic rings. The maximum Gasteiger partial charge on any atom is 0.261 e. The Morgan fingerprint density at radius 2 is 1.63 bits per heavy atom. The molecule has 4 amide bonds. The standard InChI is InChI=1S/C22H29N3O5/c1-15(2)13-19(26)23-8-10-24(11-9-23)20(27)16-5-6-17-18(14-16)22(29)25(21(17)28)7-4-12-30-3/h5-6,14-15H,4,7-13H2,1-3H3. The molecule has 0 unspecified atom stereocenters. The molecule has 0 atom stereocenters. The topological polar surface area (TPSA) is 87.2 Å². The van der Waals surface area contributed by atoms with E-state index in [2.05, 4.69) is 0 Å². The third-order valence-electron chi connectivity index (χ3n) is 5.45. The van der Waals surface area contributed by atoms with Gasteiger partial charge in [-0.05, 0) is 30.5 Å². The predicted molar refractivity (Wildman–Crippen MR) is 110 cm³/mol. The number of hydrogen-bond donors (Lipinski definition) is 0. The predicted octanol–water partition coefficient (Wildman–Crippen LogP) is 1.65. The number of ether oxygens (including phenoxy) is 1. The first kappa shape index (κ1) is 22.0. The normalized spacial score (nSPS) is 16.5. The Morgan fingerprint density at radius 1 is 1.00 bits per heavy atom. The van der Waals surface area contributed by atoms with Crippen molar-refractivity contribution in [1.29, 1.82) is 0 Å². The number of carbonyl (C=O) groups is 4. The Kier molecular flexibility index (Phi) is 6.87. The van der Waals surface area contributed by atoms with Crippen LogP contribution in [0.25, 0.3) is 0 Å². The van der Waals surface area contributed by atoms with Gasteiger partial charge >= 0.3 is 0 Å². The zero-order valence-electron chi connectivity index (χ0n) is 17.8. The first-order valence-corrected chi connectivity index (χ1v) is 10.4. The second kappa shape index (κ2) is 9.38. The molecule has 0 bridgehead atoms. The Bertz CT molecular complexity index is 843. The molecule has 0 spiro atoms. The summed E-state index contributed by atoms with van der Waals surface area (Å²) in [7, 11) is 1.57. The summed E-state index contributed by atoms with van der Waals surface area (Å²) >= 11 is 0. The van der Waals surface area contributed by atoms with E-state index in [1.165, 1.54) is 11.0 Å². The Hall–Kier alpha value is -2.74. The van der Waals surface area contributed by atoms with Crippen molar-refractivity contribution in [3.8, 4) is 0 Å². The van der Waals surface area contributed by atoms with Crippen LogP contribution in [-0.4, -0.2) is 84.8 Å². The summed E-state index contributed by atoms with van der Waals surface area (Å²) in [6.07, 6.45) is 1.07. The molecule has 30 heavy (non-hydrogen) atoms. The maximum absolute atomic E-state index is 12.9. The molecule has 1 fully saturated rings. The summed E-state index contributed by atoms with van der Waals surface area (Å²) < 4.78 is 4.98. The van der Waals surface area contributed by atoms with Gasteiger partial charge in [0.2, 0.25) is 5.91 Å². The number of hydrogen-bond acceptors (Lipinski definition) is 5. The molecule has 1 aromatic rings. The molecule has 8 nitrogen and oxygen atoms in total. The summed E-state index contributed by atoms with van der Waals surface area (Å²) in [4.78, 5) is 55.0. The van der Waals surface area contributed by atoms with Crippen molar-refractivity contribution in [3.63, 3.8) is 0 Å². The highest BCUT2D eigenvalue weighted by Gasteiger charge is 2.36. The van der Waals surface area contributed by atoms with Crippen LogP contribution < -0.4 is 0 Å². The van der Waals surface area contributed by atoms with E-state index in [1.54, 1.807) is 29.0 Å². The van der Waals surface area contributed by atoms with Gasteiger partial charge in [0.15, 0.2) is 0 Å². The average Bonchev–Trinajstić information content (AvgIpc) is 2.97. The largest absolute Gasteiger partial charge is 0.385 e. The van der Waals surface area contributed by atoms with Gasteiger partial charge in [-0.2, -0.15) is 0 Å². The SMILES string of the molecule is COCCCN1C(=O)c2ccc(C(=O)N3CCN(C(=O)CC(C)C)CC3)cc2C1=O. The lowest BCUT2D eigenvalue weighted by molar-refractivity contribution is -0.133.